The van der Waals surface area contributed by atoms with Crippen molar-refractivity contribution in [3.63, 3.8) is 0 Å². The molecule has 1 atom stereocenters. The molecular formula is C9H17N. The zero-order valence-corrected chi connectivity index (χ0v) is 6.82. The van der Waals surface area contributed by atoms with Gasteiger partial charge in [0.05, 0.1) is 0 Å². The summed E-state index contributed by atoms with van der Waals surface area (Å²) in [6.45, 7) is 8.53. The molecular weight excluding hydrogens is 122 g/mol. The number of hydrogen-bond donors (Lipinski definition) is 1. The molecule has 0 aromatic carbocycles. The van der Waals surface area contributed by atoms with Gasteiger partial charge in [0, 0.05) is 6.54 Å². The standard InChI is InChI=1S/C9H17N/c1-3-4-9-5-6-10-7-8(9)2/h9-10H,2-7H2,1H3. The van der Waals surface area contributed by atoms with Crippen molar-refractivity contribution in [2.75, 3.05) is 13.1 Å². The molecule has 1 aliphatic heterocycles. The number of hydrogen-bond acceptors (Lipinski definition) is 1. The Labute approximate surface area is 63.5 Å². The van der Waals surface area contributed by atoms with Crippen LogP contribution in [0, 0.1) is 5.92 Å². The molecule has 1 unspecified atom stereocenters. The number of nitrogens with one attached hydrogen (secondary N) is 1. The molecule has 58 valence electrons. The predicted molar refractivity (Wildman–Crippen MR) is 45.0 cm³/mol. The van der Waals surface area contributed by atoms with Gasteiger partial charge in [-0.1, -0.05) is 25.5 Å². The van der Waals surface area contributed by atoms with E-state index in [-0.39, 0.29) is 0 Å². The fourth-order valence-corrected chi connectivity index (χ4v) is 1.57. The zero-order valence-electron chi connectivity index (χ0n) is 6.82. The third-order valence-electron chi connectivity index (χ3n) is 2.24. The summed E-state index contributed by atoms with van der Waals surface area (Å²) in [7, 11) is 0. The first-order chi connectivity index (χ1) is 4.84. The monoisotopic (exact) mass is 139 g/mol. The second-order valence-corrected chi connectivity index (χ2v) is 3.11. The average Bonchev–Trinajstić information content (AvgIpc) is 1.94. The van der Waals surface area contributed by atoms with Crippen LogP contribution in [0.1, 0.15) is 26.2 Å². The van der Waals surface area contributed by atoms with Crippen LogP contribution >= 0.6 is 0 Å². The predicted octanol–water partition coefficient (Wildman–Crippen LogP) is 1.95. The summed E-state index contributed by atoms with van der Waals surface area (Å²) in [5.74, 6) is 0.811. The minimum absolute atomic E-state index is 0.811. The lowest BCUT2D eigenvalue weighted by atomic mass is 9.90. The van der Waals surface area contributed by atoms with Crippen molar-refractivity contribution >= 4 is 0 Å². The van der Waals surface area contributed by atoms with Crippen LogP contribution < -0.4 is 5.32 Å². The second-order valence-electron chi connectivity index (χ2n) is 3.11. The van der Waals surface area contributed by atoms with Gasteiger partial charge in [-0.2, -0.15) is 0 Å². The third kappa shape index (κ3) is 1.84. The smallest absolute Gasteiger partial charge is 0.0164 e. The lowest BCUT2D eigenvalue weighted by Crippen LogP contribution is -2.29. The van der Waals surface area contributed by atoms with E-state index in [2.05, 4.69) is 18.8 Å². The normalized spacial score (nSPS) is 26.9. The number of piperidine rings is 1. The van der Waals surface area contributed by atoms with E-state index in [0.29, 0.717) is 0 Å². The topological polar surface area (TPSA) is 12.0 Å². The van der Waals surface area contributed by atoms with E-state index >= 15 is 0 Å². The summed E-state index contributed by atoms with van der Waals surface area (Å²) in [6.07, 6.45) is 3.93. The second kappa shape index (κ2) is 3.77. The Bertz CT molecular complexity index is 116. The highest BCUT2D eigenvalue weighted by molar-refractivity contribution is 5.05. The maximum Gasteiger partial charge on any atom is 0.0164 e. The molecule has 0 bridgehead atoms. The highest BCUT2D eigenvalue weighted by atomic mass is 14.9. The van der Waals surface area contributed by atoms with Crippen molar-refractivity contribution in [2.24, 2.45) is 5.92 Å². The molecule has 1 aliphatic rings. The molecule has 0 radical (unpaired) electrons. The molecule has 0 spiro atoms. The molecule has 0 saturated carbocycles. The van der Waals surface area contributed by atoms with Gasteiger partial charge in [0.2, 0.25) is 0 Å². The van der Waals surface area contributed by atoms with Crippen LogP contribution in [0.15, 0.2) is 12.2 Å². The van der Waals surface area contributed by atoms with Crippen LogP contribution in [0.25, 0.3) is 0 Å². The van der Waals surface area contributed by atoms with Gasteiger partial charge in [0.25, 0.3) is 0 Å². The first kappa shape index (κ1) is 7.80. The van der Waals surface area contributed by atoms with E-state index in [4.69, 9.17) is 0 Å². The highest BCUT2D eigenvalue weighted by Gasteiger charge is 2.14. The summed E-state index contributed by atoms with van der Waals surface area (Å²) >= 11 is 0. The van der Waals surface area contributed by atoms with Crippen molar-refractivity contribution in [3.05, 3.63) is 12.2 Å². The van der Waals surface area contributed by atoms with E-state index in [0.717, 1.165) is 12.5 Å². The molecule has 10 heavy (non-hydrogen) atoms. The molecule has 1 heteroatoms. The van der Waals surface area contributed by atoms with Crippen LogP contribution in [-0.4, -0.2) is 13.1 Å². The molecule has 1 saturated heterocycles. The summed E-state index contributed by atoms with van der Waals surface area (Å²) in [6, 6.07) is 0. The zero-order chi connectivity index (χ0) is 7.40. The van der Waals surface area contributed by atoms with Gasteiger partial charge in [0.15, 0.2) is 0 Å². The summed E-state index contributed by atoms with van der Waals surface area (Å²) in [5.41, 5.74) is 1.41. The molecule has 1 heterocycles. The minimum Gasteiger partial charge on any atom is -0.313 e. The molecule has 1 rings (SSSR count). The Morgan fingerprint density at radius 2 is 2.50 bits per heavy atom. The lowest BCUT2D eigenvalue weighted by Gasteiger charge is -2.24. The highest BCUT2D eigenvalue weighted by Crippen LogP contribution is 2.21. The SMILES string of the molecule is C=C1CNCCC1CCC. The van der Waals surface area contributed by atoms with E-state index in [1.165, 1.54) is 31.4 Å². The van der Waals surface area contributed by atoms with Crippen molar-refractivity contribution in [2.45, 2.75) is 26.2 Å². The minimum atomic E-state index is 0.811. The van der Waals surface area contributed by atoms with Crippen LogP contribution in [0.4, 0.5) is 0 Å². The van der Waals surface area contributed by atoms with Gasteiger partial charge in [-0.25, -0.2) is 0 Å². The molecule has 1 nitrogen and oxygen atoms in total. The maximum absolute atomic E-state index is 4.05. The van der Waals surface area contributed by atoms with Crippen molar-refractivity contribution in [1.29, 1.82) is 0 Å². The van der Waals surface area contributed by atoms with Crippen LogP contribution in [0.2, 0.25) is 0 Å². The molecule has 0 aromatic heterocycles. The van der Waals surface area contributed by atoms with Gasteiger partial charge >= 0.3 is 0 Å². The number of rotatable bonds is 2. The van der Waals surface area contributed by atoms with Crippen molar-refractivity contribution in [3.8, 4) is 0 Å². The summed E-state index contributed by atoms with van der Waals surface area (Å²) in [4.78, 5) is 0. The third-order valence-corrected chi connectivity index (χ3v) is 2.24. The molecule has 0 aromatic rings. The van der Waals surface area contributed by atoms with Gasteiger partial charge < -0.3 is 5.32 Å². The Balaban J connectivity index is 2.32. The van der Waals surface area contributed by atoms with E-state index in [1.807, 2.05) is 0 Å². The Hall–Kier alpha value is -0.300. The van der Waals surface area contributed by atoms with E-state index in [1.54, 1.807) is 0 Å². The Morgan fingerprint density at radius 1 is 1.70 bits per heavy atom. The first-order valence-corrected chi connectivity index (χ1v) is 4.23. The maximum atomic E-state index is 4.05. The Morgan fingerprint density at radius 3 is 3.10 bits per heavy atom. The Kier molecular flexibility index (Phi) is 2.94. The van der Waals surface area contributed by atoms with Gasteiger partial charge in [-0.15, -0.1) is 0 Å². The fraction of sp³-hybridized carbons (Fsp3) is 0.778. The van der Waals surface area contributed by atoms with Crippen LogP contribution in [-0.2, 0) is 0 Å². The summed E-state index contributed by atoms with van der Waals surface area (Å²) in [5, 5.41) is 3.32. The van der Waals surface area contributed by atoms with Gasteiger partial charge in [0.1, 0.15) is 0 Å². The van der Waals surface area contributed by atoms with Gasteiger partial charge in [-0.3, -0.25) is 0 Å². The summed E-state index contributed by atoms with van der Waals surface area (Å²) < 4.78 is 0. The van der Waals surface area contributed by atoms with Crippen LogP contribution in [0.3, 0.4) is 0 Å². The quantitative estimate of drug-likeness (QED) is 0.577. The molecule has 1 N–H and O–H groups in total. The van der Waals surface area contributed by atoms with Gasteiger partial charge in [-0.05, 0) is 25.3 Å². The van der Waals surface area contributed by atoms with E-state index < -0.39 is 0 Å². The molecule has 0 amide bonds. The lowest BCUT2D eigenvalue weighted by molar-refractivity contribution is 0.439. The first-order valence-electron chi connectivity index (χ1n) is 4.23. The average molecular weight is 139 g/mol. The fourth-order valence-electron chi connectivity index (χ4n) is 1.57. The van der Waals surface area contributed by atoms with Crippen LogP contribution in [0.5, 0.6) is 0 Å². The molecule has 1 fully saturated rings. The van der Waals surface area contributed by atoms with E-state index in [9.17, 15) is 0 Å². The van der Waals surface area contributed by atoms with Crippen molar-refractivity contribution in [1.82, 2.24) is 5.32 Å². The van der Waals surface area contributed by atoms with Crippen molar-refractivity contribution < 1.29 is 0 Å². The molecule has 0 aliphatic carbocycles. The largest absolute Gasteiger partial charge is 0.313 e.